The van der Waals surface area contributed by atoms with Gasteiger partial charge in [0.2, 0.25) is 11.6 Å². The maximum absolute atomic E-state index is 15.9. The molecule has 0 spiro atoms. The number of aliphatic hydroxyl groups is 4. The monoisotopic (exact) mass is 2070 g/mol. The Labute approximate surface area is 874 Å². The number of hydrogen-bond donors (Lipinski definition) is 6. The van der Waals surface area contributed by atoms with E-state index >= 15 is 19.2 Å². The molecule has 2 amide bonds. The molecule has 4 saturated carbocycles. The third kappa shape index (κ3) is 24.1. The molecule has 6 fully saturated rings. The molecule has 30 nitrogen and oxygen atoms in total. The minimum absolute atomic E-state index is 0. The smallest absolute Gasteiger partial charge is 1.00 e. The van der Waals surface area contributed by atoms with Crippen LogP contribution in [0.5, 0.6) is 0 Å². The number of aliphatic hydroxyl groups excluding tert-OH is 2. The number of alkyl carbamates (subject to hydrolysis) is 2. The number of esters is 6. The molecule has 793 valence electrons. The maximum atomic E-state index is 15.9. The Bertz CT molecular complexity index is 4780. The van der Waals surface area contributed by atoms with Crippen molar-refractivity contribution in [3.63, 3.8) is 0 Å². The zero-order valence-electron chi connectivity index (χ0n) is 92.5. The molecule has 2 unspecified atom stereocenters. The Morgan fingerprint density at radius 1 is 0.493 bits per heavy atom. The number of hydrogen-bond acceptors (Lipinski definition) is 28. The van der Waals surface area contributed by atoms with Crippen molar-refractivity contribution in [1.29, 1.82) is 0 Å². The molecule has 2 aliphatic heterocycles. The Balaban J connectivity index is 0.000000429. The summed E-state index contributed by atoms with van der Waals surface area (Å²) in [5.41, 5.74) is -15.0. The molecular formula is C106H171BN2NaO28Si4. The first-order chi connectivity index (χ1) is 65.1. The second kappa shape index (κ2) is 47.6. The first kappa shape index (κ1) is 123. The summed E-state index contributed by atoms with van der Waals surface area (Å²) in [7, 11) is -10.4. The van der Waals surface area contributed by atoms with Gasteiger partial charge >= 0.3 is 77.6 Å². The van der Waals surface area contributed by atoms with E-state index in [0.717, 1.165) is 18.1 Å². The predicted molar refractivity (Wildman–Crippen MR) is 546 cm³/mol. The largest absolute Gasteiger partial charge is 1.00 e. The van der Waals surface area contributed by atoms with Gasteiger partial charge in [-0.1, -0.05) is 182 Å². The van der Waals surface area contributed by atoms with Crippen LogP contribution in [0.1, 0.15) is 282 Å². The van der Waals surface area contributed by atoms with Gasteiger partial charge in [-0.05, 0) is 201 Å². The van der Waals surface area contributed by atoms with Gasteiger partial charge in [0.05, 0.1) is 72.0 Å². The van der Waals surface area contributed by atoms with Gasteiger partial charge in [-0.3, -0.25) is 19.2 Å². The van der Waals surface area contributed by atoms with Gasteiger partial charge in [0.1, 0.15) is 65.1 Å². The summed E-state index contributed by atoms with van der Waals surface area (Å²) in [6.07, 6.45) is -16.9. The van der Waals surface area contributed by atoms with Crippen molar-refractivity contribution in [2.45, 2.75) is 452 Å². The second-order valence-corrected chi connectivity index (χ2v) is 64.1. The van der Waals surface area contributed by atoms with Gasteiger partial charge < -0.3 is 97.6 Å². The van der Waals surface area contributed by atoms with Crippen LogP contribution < -0.4 is 40.2 Å². The molecule has 3 radical (unpaired) electrons. The molecule has 142 heavy (non-hydrogen) atoms. The molecule has 22 atom stereocenters. The molecule has 2 aromatic carbocycles. The number of benzene rings is 2. The van der Waals surface area contributed by atoms with Gasteiger partial charge in [-0.25, -0.2) is 28.8 Å². The maximum Gasteiger partial charge on any atom is 1.00 e. The molecule has 2 heterocycles. The minimum atomic E-state index is -2.66. The normalized spacial score (nSPS) is 30.2. The summed E-state index contributed by atoms with van der Waals surface area (Å²) in [5.74, 6) is -9.14. The quantitative estimate of drug-likeness (QED) is 0.0120. The Morgan fingerprint density at radius 2 is 0.831 bits per heavy atom. The van der Waals surface area contributed by atoms with E-state index in [1.807, 2.05) is 69.2 Å². The number of ketones is 2. The summed E-state index contributed by atoms with van der Waals surface area (Å²) in [6.45, 7) is 58.5. The average Bonchev–Trinajstić information content (AvgIpc) is 0.669. The Hall–Kier alpha value is -5.85. The summed E-state index contributed by atoms with van der Waals surface area (Å²) < 4.78 is 91.9. The van der Waals surface area contributed by atoms with E-state index in [0.29, 0.717) is 72.8 Å². The molecule has 2 saturated heterocycles. The van der Waals surface area contributed by atoms with Crippen LogP contribution in [-0.2, 0) is 93.8 Å². The molecule has 6 N–H and O–H groups in total. The van der Waals surface area contributed by atoms with Crippen molar-refractivity contribution < 1.29 is 164 Å². The van der Waals surface area contributed by atoms with Crippen LogP contribution in [-0.4, -0.2) is 254 Å². The number of rotatable bonds is 38. The molecule has 4 bridgehead atoms. The van der Waals surface area contributed by atoms with Gasteiger partial charge in [0, 0.05) is 69.8 Å². The zero-order chi connectivity index (χ0) is 105. The van der Waals surface area contributed by atoms with E-state index in [9.17, 15) is 49.2 Å². The van der Waals surface area contributed by atoms with Crippen molar-refractivity contribution in [3.05, 3.63) is 94.1 Å². The molecule has 36 heteroatoms. The van der Waals surface area contributed by atoms with Gasteiger partial charge in [0.25, 0.3) is 0 Å². The molecule has 6 aliphatic carbocycles. The van der Waals surface area contributed by atoms with Crippen molar-refractivity contribution in [1.82, 2.24) is 10.6 Å². The third-order valence-corrected chi connectivity index (χ3v) is 52.2. The van der Waals surface area contributed by atoms with E-state index < -0.39 is 252 Å². The fourth-order valence-corrected chi connectivity index (χ4v) is 35.9. The second-order valence-electron chi connectivity index (χ2n) is 45.2. The summed E-state index contributed by atoms with van der Waals surface area (Å²) in [5, 5.41) is 60.5. The van der Waals surface area contributed by atoms with Crippen molar-refractivity contribution in [2.75, 3.05) is 13.2 Å². The van der Waals surface area contributed by atoms with Crippen LogP contribution in [0.4, 0.5) is 9.59 Å². The number of fused-ring (bicyclic) bond motifs is 10. The molecule has 10 rings (SSSR count). The van der Waals surface area contributed by atoms with E-state index in [1.54, 1.807) is 158 Å². The van der Waals surface area contributed by atoms with Gasteiger partial charge in [-0.2, -0.15) is 0 Å². The fourth-order valence-electron chi connectivity index (χ4n) is 24.5. The van der Waals surface area contributed by atoms with Gasteiger partial charge in [0.15, 0.2) is 56.7 Å². The van der Waals surface area contributed by atoms with Crippen molar-refractivity contribution >= 4 is 101 Å². The Morgan fingerprint density at radius 3 is 1.17 bits per heavy atom. The van der Waals surface area contributed by atoms with Crippen LogP contribution in [0.25, 0.3) is 0 Å². The van der Waals surface area contributed by atoms with E-state index in [2.05, 4.69) is 52.2 Å². The first-order valence-electron chi connectivity index (χ1n) is 51.7. The third-order valence-electron chi connectivity index (χ3n) is 33.6. The van der Waals surface area contributed by atoms with Crippen molar-refractivity contribution in [2.24, 2.45) is 45.3 Å². The topological polar surface area (TPSA) is 405 Å². The summed E-state index contributed by atoms with van der Waals surface area (Å²) in [4.78, 5) is 145. The first-order valence-corrected chi connectivity index (χ1v) is 61.8. The summed E-state index contributed by atoms with van der Waals surface area (Å²) in [6, 6.07) is 23.1. The Kier molecular flexibility index (Phi) is 41.2. The van der Waals surface area contributed by atoms with Crippen LogP contribution in [0.15, 0.2) is 83.0 Å². The number of Topliss-reactive ketones (excluding diaryl/α,β-unsaturated/α-hetero) is 2. The number of carbonyl (C=O) groups is 10. The van der Waals surface area contributed by atoms with Crippen LogP contribution in [0.2, 0.25) is 72.5 Å². The summed E-state index contributed by atoms with van der Waals surface area (Å²) >= 11 is 0. The molecule has 0 aromatic heterocycles. The SMILES string of the molecule is CC[Si](CC)(CC)OC(C(=O)O[C@H]1C[C@@]2(O)[C@@H](OC(=O)c3ccccc3)[C@@H]3[C@]4(OC(C)=O)CO[C@@H]4C[C@H](O[Si](CC)(CC)CC)[C@@]3(C)C(=O)C(=O)C(=C1C)C2(C)C)[C@H](CC(C)C)NC(=O)OC(C)(C)C.CC[Si](CC)(CC)OC(C(=O)O[C@H]1C[C@@]2(O)[C@@H](OC(=O)c3ccccc3)[C@@H]3[C@]4(OC(C)=O)CO[C@@H]4C[C@H](O[Si](CC)(CC)CC)[C@@]3(C)[C@@H](O)[C@@H](O)C(=C1C)C2(C)C)[C@H](CC(C)C)NC(=O)OC(C)(C)C.[B].[H-].[Na+]. The van der Waals surface area contributed by atoms with Crippen molar-refractivity contribution in [3.8, 4) is 0 Å². The predicted octanol–water partition coefficient (Wildman–Crippen LogP) is 14.7. The minimum Gasteiger partial charge on any atom is -1.00 e. The number of nitrogens with one attached hydrogen (secondary N) is 2. The molecular weight excluding hydrogens is 1900 g/mol. The van der Waals surface area contributed by atoms with E-state index in [-0.39, 0.29) is 112 Å². The van der Waals surface area contributed by atoms with E-state index in [1.165, 1.54) is 13.8 Å². The zero-order valence-corrected chi connectivity index (χ0v) is 97.5. The molecule has 2 aromatic rings. The fraction of sp³-hybridized carbons (Fsp3) is 0.755. The van der Waals surface area contributed by atoms with Gasteiger partial charge in [-0.15, -0.1) is 0 Å². The molecule has 8 aliphatic rings. The average molecular weight is 2070 g/mol. The van der Waals surface area contributed by atoms with Crippen LogP contribution >= 0.6 is 0 Å². The van der Waals surface area contributed by atoms with Crippen LogP contribution in [0, 0.1) is 45.3 Å². The standard InChI is InChI=1S/C53H87NO14Si2.C53H83NO14Si2.B.Na.H/c2*1-17-69(18-2,19-3)67-38-29-39-52(31-62-39,65-34(10)55)43-45(64-46(58)35-26-24-23-25-27-35)53(61)30-37(33(9)40(50(53,14)15)41(56)44(57)51(38,43)16)63-47(59)42(68-70(20-4,21-5)22-6)36(28-32(7)8)54-48(60)66-49(11,12)13;;;/h23-27,32,36-39,41-45,56-57,61H,17-22,28-31H2,1-16H3,(H,54,60);23-27,32,36-39,42-43,45,61H,17-22,28-31H2,1-16H3,(H,54,60);;;/q;;;+1;-1/t36-,37-,38-,39+,41-,42?,43-,44-,45-,51+,52-,53+;36-,37-,38-,39+,42?,43-,45-,51+,52-,53+;;;/m00.../s1. The number of carbonyl (C=O) groups excluding carboxylic acids is 10. The number of ether oxygens (including phenoxy) is 10. The van der Waals surface area contributed by atoms with Crippen LogP contribution in [0.3, 0.4) is 0 Å². The number of amides is 2. The van der Waals surface area contributed by atoms with E-state index in [4.69, 9.17) is 65.1 Å².